The molecule has 122 valence electrons. The van der Waals surface area contributed by atoms with Crippen molar-refractivity contribution < 1.29 is 14.7 Å². The molecule has 2 unspecified atom stereocenters. The van der Waals surface area contributed by atoms with E-state index in [-0.39, 0.29) is 18.6 Å². The number of amides is 2. The highest BCUT2D eigenvalue weighted by Crippen LogP contribution is 2.11. The zero-order valence-corrected chi connectivity index (χ0v) is 13.6. The van der Waals surface area contributed by atoms with E-state index in [1.807, 2.05) is 12.1 Å². The molecule has 1 aromatic rings. The fourth-order valence-electron chi connectivity index (χ4n) is 1.90. The maximum absolute atomic E-state index is 11.8. The molecular weight excluding hydrogens is 280 g/mol. The van der Waals surface area contributed by atoms with Gasteiger partial charge in [-0.3, -0.25) is 9.59 Å². The number of aliphatic hydroxyl groups is 1. The van der Waals surface area contributed by atoms with Crippen molar-refractivity contribution in [2.24, 2.45) is 5.92 Å². The smallest absolute Gasteiger partial charge is 0.313 e. The topological polar surface area (TPSA) is 78.4 Å². The Morgan fingerprint density at radius 2 is 1.77 bits per heavy atom. The predicted molar refractivity (Wildman–Crippen MR) is 87.5 cm³/mol. The maximum atomic E-state index is 11.8. The number of anilines is 1. The van der Waals surface area contributed by atoms with Crippen LogP contribution in [-0.2, 0) is 16.0 Å². The molecule has 0 aromatic heterocycles. The number of carbonyl (C=O) groups is 2. The number of unbranched alkanes of at least 4 members (excludes halogenated alkanes) is 1. The van der Waals surface area contributed by atoms with Gasteiger partial charge in [0, 0.05) is 18.3 Å². The fourth-order valence-corrected chi connectivity index (χ4v) is 1.90. The van der Waals surface area contributed by atoms with E-state index >= 15 is 0 Å². The number of hydrogen-bond acceptors (Lipinski definition) is 3. The average Bonchev–Trinajstić information content (AvgIpc) is 2.53. The van der Waals surface area contributed by atoms with Crippen LogP contribution in [-0.4, -0.2) is 29.6 Å². The Morgan fingerprint density at radius 1 is 1.14 bits per heavy atom. The summed E-state index contributed by atoms with van der Waals surface area (Å²) in [5, 5.41) is 14.2. The van der Waals surface area contributed by atoms with E-state index in [2.05, 4.69) is 17.6 Å². The molecule has 1 rings (SSSR count). The Kier molecular flexibility index (Phi) is 7.60. The van der Waals surface area contributed by atoms with Crippen molar-refractivity contribution in [3.05, 3.63) is 29.8 Å². The van der Waals surface area contributed by atoms with Crippen molar-refractivity contribution in [2.45, 2.75) is 46.1 Å². The lowest BCUT2D eigenvalue weighted by Gasteiger charge is -2.18. The summed E-state index contributed by atoms with van der Waals surface area (Å²) < 4.78 is 0. The molecule has 0 fully saturated rings. The van der Waals surface area contributed by atoms with Crippen molar-refractivity contribution in [3.63, 3.8) is 0 Å². The van der Waals surface area contributed by atoms with E-state index in [4.69, 9.17) is 5.11 Å². The largest absolute Gasteiger partial charge is 0.396 e. The summed E-state index contributed by atoms with van der Waals surface area (Å²) in [7, 11) is 0. The predicted octanol–water partition coefficient (Wildman–Crippen LogP) is 2.10. The third kappa shape index (κ3) is 5.85. The Hall–Kier alpha value is -1.88. The summed E-state index contributed by atoms with van der Waals surface area (Å²) in [6.45, 7) is 5.67. The molecule has 0 aliphatic heterocycles. The molecule has 2 amide bonds. The lowest BCUT2D eigenvalue weighted by molar-refractivity contribution is -0.136. The van der Waals surface area contributed by atoms with Gasteiger partial charge in [-0.15, -0.1) is 0 Å². The molecule has 0 radical (unpaired) electrons. The van der Waals surface area contributed by atoms with E-state index in [0.717, 1.165) is 19.3 Å². The molecule has 22 heavy (non-hydrogen) atoms. The second-order valence-corrected chi connectivity index (χ2v) is 5.68. The van der Waals surface area contributed by atoms with Gasteiger partial charge in [0.05, 0.1) is 0 Å². The van der Waals surface area contributed by atoms with Crippen molar-refractivity contribution in [2.75, 3.05) is 11.9 Å². The minimum atomic E-state index is -0.696. The van der Waals surface area contributed by atoms with Gasteiger partial charge in [0.25, 0.3) is 0 Å². The number of nitrogens with one attached hydrogen (secondary N) is 2. The molecule has 1 aromatic carbocycles. The van der Waals surface area contributed by atoms with Crippen LogP contribution in [0.2, 0.25) is 0 Å². The second kappa shape index (κ2) is 9.20. The van der Waals surface area contributed by atoms with Gasteiger partial charge in [-0.05, 0) is 43.4 Å². The van der Waals surface area contributed by atoms with Crippen molar-refractivity contribution in [3.8, 4) is 0 Å². The Labute approximate surface area is 132 Å². The quantitative estimate of drug-likeness (QED) is 0.675. The molecular formula is C17H26N2O3. The Morgan fingerprint density at radius 3 is 2.32 bits per heavy atom. The van der Waals surface area contributed by atoms with Gasteiger partial charge in [0.2, 0.25) is 0 Å². The van der Waals surface area contributed by atoms with Gasteiger partial charge in [-0.25, -0.2) is 0 Å². The normalized spacial score (nSPS) is 13.3. The zero-order valence-electron chi connectivity index (χ0n) is 13.6. The van der Waals surface area contributed by atoms with Crippen molar-refractivity contribution in [1.29, 1.82) is 0 Å². The Bertz CT molecular complexity index is 485. The lowest BCUT2D eigenvalue weighted by Crippen LogP contribution is -2.43. The summed E-state index contributed by atoms with van der Waals surface area (Å²) in [6.07, 6.45) is 3.29. The molecule has 5 nitrogen and oxygen atoms in total. The molecule has 2 atom stereocenters. The van der Waals surface area contributed by atoms with Gasteiger partial charge in [-0.1, -0.05) is 32.4 Å². The highest BCUT2D eigenvalue weighted by Gasteiger charge is 2.19. The van der Waals surface area contributed by atoms with Gasteiger partial charge in [0.15, 0.2) is 0 Å². The minimum Gasteiger partial charge on any atom is -0.396 e. The van der Waals surface area contributed by atoms with Crippen molar-refractivity contribution in [1.82, 2.24) is 5.32 Å². The van der Waals surface area contributed by atoms with Crippen LogP contribution in [0.15, 0.2) is 24.3 Å². The maximum Gasteiger partial charge on any atom is 0.313 e. The third-order valence-electron chi connectivity index (χ3n) is 3.74. The van der Waals surface area contributed by atoms with Crippen LogP contribution in [0.5, 0.6) is 0 Å². The van der Waals surface area contributed by atoms with E-state index in [9.17, 15) is 9.59 Å². The van der Waals surface area contributed by atoms with Gasteiger partial charge in [0.1, 0.15) is 0 Å². The fraction of sp³-hybridized carbons (Fsp3) is 0.529. The van der Waals surface area contributed by atoms with Gasteiger partial charge < -0.3 is 15.7 Å². The Balaban J connectivity index is 2.51. The van der Waals surface area contributed by atoms with Crippen LogP contribution in [0, 0.1) is 5.92 Å². The average molecular weight is 306 g/mol. The second-order valence-electron chi connectivity index (χ2n) is 5.68. The van der Waals surface area contributed by atoms with Crippen LogP contribution in [0.3, 0.4) is 0 Å². The molecule has 0 aliphatic carbocycles. The van der Waals surface area contributed by atoms with Crippen LogP contribution in [0.4, 0.5) is 5.69 Å². The lowest BCUT2D eigenvalue weighted by atomic mass is 10.1. The zero-order chi connectivity index (χ0) is 16.5. The van der Waals surface area contributed by atoms with Crippen LogP contribution in [0.25, 0.3) is 0 Å². The molecule has 0 saturated heterocycles. The molecule has 3 N–H and O–H groups in total. The molecule has 0 saturated carbocycles. The van der Waals surface area contributed by atoms with Gasteiger partial charge >= 0.3 is 11.8 Å². The number of rotatable bonds is 7. The van der Waals surface area contributed by atoms with Gasteiger partial charge in [-0.2, -0.15) is 0 Å². The first-order valence-corrected chi connectivity index (χ1v) is 7.79. The monoisotopic (exact) mass is 306 g/mol. The first-order valence-electron chi connectivity index (χ1n) is 7.79. The minimum absolute atomic E-state index is 0.0394. The summed E-state index contributed by atoms with van der Waals surface area (Å²) in [5.41, 5.74) is 1.82. The van der Waals surface area contributed by atoms with E-state index in [1.54, 1.807) is 26.0 Å². The summed E-state index contributed by atoms with van der Waals surface area (Å²) >= 11 is 0. The highest BCUT2D eigenvalue weighted by atomic mass is 16.3. The number of aliphatic hydroxyl groups excluding tert-OH is 1. The van der Waals surface area contributed by atoms with Crippen molar-refractivity contribution >= 4 is 17.5 Å². The molecule has 0 heterocycles. The molecule has 5 heteroatoms. The first-order chi connectivity index (χ1) is 10.5. The highest BCUT2D eigenvalue weighted by molar-refractivity contribution is 6.39. The molecule has 0 bridgehead atoms. The van der Waals surface area contributed by atoms with E-state index in [0.29, 0.717) is 5.69 Å². The number of carbonyl (C=O) groups excluding carboxylic acids is 2. The van der Waals surface area contributed by atoms with E-state index in [1.165, 1.54) is 5.56 Å². The molecule has 0 spiro atoms. The molecule has 0 aliphatic rings. The van der Waals surface area contributed by atoms with E-state index < -0.39 is 11.8 Å². The summed E-state index contributed by atoms with van der Waals surface area (Å²) in [4.78, 5) is 23.6. The summed E-state index contributed by atoms with van der Waals surface area (Å²) in [6, 6.07) is 7.25. The number of hydrogen-bond donors (Lipinski definition) is 3. The summed E-state index contributed by atoms with van der Waals surface area (Å²) in [5.74, 6) is -1.49. The first kappa shape index (κ1) is 18.2. The number of aryl methyl sites for hydroxylation is 1. The SMILES string of the molecule is CCCCc1ccc(NC(=O)C(=O)NC(C)C(C)CO)cc1. The third-order valence-corrected chi connectivity index (χ3v) is 3.74. The standard InChI is InChI=1S/C17H26N2O3/c1-4-5-6-14-7-9-15(10-8-14)19-17(22)16(21)18-13(3)12(2)11-20/h7-10,12-13,20H,4-6,11H2,1-3H3,(H,18,21)(H,19,22). The van der Waals surface area contributed by atoms with Crippen LogP contribution in [0.1, 0.15) is 39.2 Å². The number of benzene rings is 1. The van der Waals surface area contributed by atoms with Crippen LogP contribution < -0.4 is 10.6 Å². The van der Waals surface area contributed by atoms with Crippen LogP contribution >= 0.6 is 0 Å².